The Kier molecular flexibility index (Phi) is 2.75. The third-order valence-corrected chi connectivity index (χ3v) is 2.69. The smallest absolute Gasteiger partial charge is 0.0172 e. The molecule has 0 heterocycles. The molecule has 0 unspecified atom stereocenters. The van der Waals surface area contributed by atoms with Crippen LogP contribution in [0.5, 0.6) is 0 Å². The molecule has 0 nitrogen and oxygen atoms in total. The molecule has 1 aromatic rings. The molecule has 0 fully saturated rings. The van der Waals surface area contributed by atoms with Gasteiger partial charge in [0.15, 0.2) is 0 Å². The van der Waals surface area contributed by atoms with Gasteiger partial charge in [0.2, 0.25) is 0 Å². The molecule has 0 aliphatic rings. The van der Waals surface area contributed by atoms with E-state index in [-0.39, 0.29) is 0 Å². The minimum atomic E-state index is 1.11. The summed E-state index contributed by atoms with van der Waals surface area (Å²) in [6.07, 6.45) is 0. The quantitative estimate of drug-likeness (QED) is 0.636. The van der Waals surface area contributed by atoms with Gasteiger partial charge in [-0.2, -0.15) is 0 Å². The molecule has 0 spiro atoms. The lowest BCUT2D eigenvalue weighted by molar-refractivity contribution is 1.52. The van der Waals surface area contributed by atoms with E-state index < -0.39 is 0 Å². The van der Waals surface area contributed by atoms with Crippen LogP contribution in [0.4, 0.5) is 0 Å². The molecule has 1 aromatic carbocycles. The highest BCUT2D eigenvalue weighted by atomic mass is 127. The van der Waals surface area contributed by atoms with Crippen LogP contribution in [0.25, 0.3) is 0 Å². The first-order valence-electron chi connectivity index (χ1n) is 2.47. The lowest BCUT2D eigenvalue weighted by atomic mass is 10.2. The Morgan fingerprint density at radius 3 is 2.33 bits per heavy atom. The van der Waals surface area contributed by atoms with Gasteiger partial charge in [-0.25, -0.2) is 0 Å². The van der Waals surface area contributed by atoms with Crippen LogP contribution in [0.15, 0.2) is 18.2 Å². The van der Waals surface area contributed by atoms with E-state index in [4.69, 9.17) is 0 Å². The molecule has 0 aliphatic heterocycles. The van der Waals surface area contributed by atoms with Gasteiger partial charge in [0, 0.05) is 7.14 Å². The fraction of sp³-hybridized carbons (Fsp3) is 0. The van der Waals surface area contributed by atoms with Gasteiger partial charge in [-0.1, -0.05) is 6.07 Å². The van der Waals surface area contributed by atoms with E-state index in [2.05, 4.69) is 64.2 Å². The van der Waals surface area contributed by atoms with E-state index in [0.29, 0.717) is 0 Å². The topological polar surface area (TPSA) is 0 Å². The molecule has 0 aromatic heterocycles. The molecule has 1 radical (unpaired) electrons. The van der Waals surface area contributed by atoms with Gasteiger partial charge < -0.3 is 0 Å². The number of halogens is 2. The second-order valence-electron chi connectivity index (χ2n) is 1.74. The first-order valence-corrected chi connectivity index (χ1v) is 4.63. The third kappa shape index (κ3) is 2.07. The van der Waals surface area contributed by atoms with Crippen LogP contribution in [-0.4, -0.2) is 0 Å². The van der Waals surface area contributed by atoms with Crippen molar-refractivity contribution in [2.24, 2.45) is 0 Å². The largest absolute Gasteiger partial charge is 0.0569 e. The maximum Gasteiger partial charge on any atom is 0.0172 e. The molecule has 0 aliphatic carbocycles. The van der Waals surface area contributed by atoms with E-state index in [1.165, 1.54) is 7.14 Å². The molecule has 0 atom stereocenters. The van der Waals surface area contributed by atoms with E-state index in [9.17, 15) is 0 Å². The Labute approximate surface area is 82.3 Å². The van der Waals surface area contributed by atoms with E-state index in [1.54, 1.807) is 0 Å². The summed E-state index contributed by atoms with van der Waals surface area (Å²) < 4.78 is 2.50. The van der Waals surface area contributed by atoms with E-state index in [0.717, 1.165) is 5.56 Å². The van der Waals surface area contributed by atoms with Gasteiger partial charge in [-0.15, -0.1) is 0 Å². The average Bonchev–Trinajstić information content (AvgIpc) is 1.80. The van der Waals surface area contributed by atoms with Crippen LogP contribution >= 0.6 is 45.2 Å². The zero-order valence-corrected chi connectivity index (χ0v) is 9.01. The average molecular weight is 343 g/mol. The molecule has 1 rings (SSSR count). The van der Waals surface area contributed by atoms with Crippen LogP contribution < -0.4 is 0 Å². The second-order valence-corrected chi connectivity index (χ2v) is 4.14. The molecule has 0 amide bonds. The molecule has 0 saturated heterocycles. The fourth-order valence-electron chi connectivity index (χ4n) is 0.522. The van der Waals surface area contributed by atoms with Gasteiger partial charge >= 0.3 is 0 Å². The molecule has 0 saturated carbocycles. The zero-order chi connectivity index (χ0) is 6.85. The molecular formula is C7H5I2. The highest BCUT2D eigenvalue weighted by molar-refractivity contribution is 14.1. The lowest BCUT2D eigenvalue weighted by Gasteiger charge is -1.95. The fourth-order valence-corrected chi connectivity index (χ4v) is 2.12. The summed E-state index contributed by atoms with van der Waals surface area (Å²) in [5.74, 6) is 0. The van der Waals surface area contributed by atoms with Crippen LogP contribution in [0, 0.1) is 14.1 Å². The zero-order valence-electron chi connectivity index (χ0n) is 4.70. The first-order chi connectivity index (χ1) is 4.20. The van der Waals surface area contributed by atoms with Crippen molar-refractivity contribution in [3.8, 4) is 0 Å². The minimum absolute atomic E-state index is 1.11. The van der Waals surface area contributed by atoms with Gasteiger partial charge in [-0.05, 0) is 69.8 Å². The molecule has 2 heteroatoms. The summed E-state index contributed by atoms with van der Waals surface area (Å²) in [6.45, 7) is 3.85. The number of benzene rings is 1. The van der Waals surface area contributed by atoms with E-state index >= 15 is 0 Å². The summed E-state index contributed by atoms with van der Waals surface area (Å²) in [7, 11) is 0. The van der Waals surface area contributed by atoms with Crippen molar-refractivity contribution in [3.63, 3.8) is 0 Å². The van der Waals surface area contributed by atoms with Crippen molar-refractivity contribution < 1.29 is 0 Å². The third-order valence-electron chi connectivity index (χ3n) is 1.02. The molecule has 0 bridgehead atoms. The Morgan fingerprint density at radius 2 is 1.89 bits per heavy atom. The molecule has 47 valence electrons. The van der Waals surface area contributed by atoms with Crippen LogP contribution in [0.1, 0.15) is 5.56 Å². The SMILES string of the molecule is [CH2]c1ccc(I)cc1I. The van der Waals surface area contributed by atoms with Crippen LogP contribution in [0.2, 0.25) is 0 Å². The van der Waals surface area contributed by atoms with Gasteiger partial charge in [0.25, 0.3) is 0 Å². The predicted molar refractivity (Wildman–Crippen MR) is 56.3 cm³/mol. The summed E-state index contributed by atoms with van der Waals surface area (Å²) in [4.78, 5) is 0. The van der Waals surface area contributed by atoms with Crippen molar-refractivity contribution >= 4 is 45.2 Å². The minimum Gasteiger partial charge on any atom is -0.0569 e. The lowest BCUT2D eigenvalue weighted by Crippen LogP contribution is -1.79. The first kappa shape index (κ1) is 7.78. The number of hydrogen-bond acceptors (Lipinski definition) is 0. The Balaban J connectivity index is 3.17. The van der Waals surface area contributed by atoms with Gasteiger partial charge in [0.1, 0.15) is 0 Å². The van der Waals surface area contributed by atoms with Crippen molar-refractivity contribution in [2.75, 3.05) is 0 Å². The summed E-state index contributed by atoms with van der Waals surface area (Å²) in [5.41, 5.74) is 1.11. The summed E-state index contributed by atoms with van der Waals surface area (Å²) in [5, 5.41) is 0. The summed E-state index contributed by atoms with van der Waals surface area (Å²) in [6, 6.07) is 6.21. The highest BCUT2D eigenvalue weighted by Gasteiger charge is 1.92. The maximum atomic E-state index is 3.85. The highest BCUT2D eigenvalue weighted by Crippen LogP contribution is 2.14. The van der Waals surface area contributed by atoms with Crippen molar-refractivity contribution in [3.05, 3.63) is 37.8 Å². The Bertz CT molecular complexity index is 218. The van der Waals surface area contributed by atoms with Crippen LogP contribution in [0.3, 0.4) is 0 Å². The second kappa shape index (κ2) is 3.18. The van der Waals surface area contributed by atoms with Gasteiger partial charge in [0.05, 0.1) is 0 Å². The Morgan fingerprint density at radius 1 is 1.22 bits per heavy atom. The van der Waals surface area contributed by atoms with E-state index in [1.807, 2.05) is 6.07 Å². The maximum absolute atomic E-state index is 3.85. The monoisotopic (exact) mass is 343 g/mol. The van der Waals surface area contributed by atoms with Crippen molar-refractivity contribution in [2.45, 2.75) is 0 Å². The molecule has 9 heavy (non-hydrogen) atoms. The van der Waals surface area contributed by atoms with Crippen molar-refractivity contribution in [1.82, 2.24) is 0 Å². The normalized spacial score (nSPS) is 9.67. The van der Waals surface area contributed by atoms with Gasteiger partial charge in [-0.3, -0.25) is 0 Å². The van der Waals surface area contributed by atoms with Crippen LogP contribution in [-0.2, 0) is 0 Å². The standard InChI is InChI=1S/C7H5I2/c1-5-2-3-6(8)4-7(5)9/h2-4H,1H2. The predicted octanol–water partition coefficient (Wildman–Crippen LogP) is 3.08. The summed E-state index contributed by atoms with van der Waals surface area (Å²) >= 11 is 4.57. The molecular weight excluding hydrogens is 338 g/mol. The number of rotatable bonds is 0. The van der Waals surface area contributed by atoms with Crippen molar-refractivity contribution in [1.29, 1.82) is 0 Å². The molecule has 0 N–H and O–H groups in total. The Hall–Kier alpha value is 0.680. The number of hydrogen-bond donors (Lipinski definition) is 0.